The molecule has 0 bridgehead atoms. The predicted molar refractivity (Wildman–Crippen MR) is 196 cm³/mol. The number of carbonyl (C=O) groups excluding carboxylic acids is 3. The van der Waals surface area contributed by atoms with Gasteiger partial charge in [-0.1, -0.05) is 7.43 Å². The Morgan fingerprint density at radius 1 is 0.542 bits per heavy atom. The maximum atomic E-state index is 10.9. The molecule has 15 heteroatoms. The molecule has 0 fully saturated rings. The third-order valence-electron chi connectivity index (χ3n) is 5.72. The quantitative estimate of drug-likeness (QED) is 0.0468. The summed E-state index contributed by atoms with van der Waals surface area (Å²) in [6.07, 6.45) is 0. The van der Waals surface area contributed by atoms with E-state index < -0.39 is 15.7 Å². The molecule has 4 aromatic carbocycles. The summed E-state index contributed by atoms with van der Waals surface area (Å²) >= 11 is 15.6. The van der Waals surface area contributed by atoms with Crippen LogP contribution in [0.15, 0.2) is 84.9 Å². The fraction of sp³-hybridized carbons (Fsp3) is 0.182. The molecule has 0 atom stereocenters. The Morgan fingerprint density at radius 3 is 1.21 bits per heavy atom. The molecular weight excluding hydrogens is 683 g/mol. The van der Waals surface area contributed by atoms with E-state index in [1.165, 1.54) is 18.2 Å². The van der Waals surface area contributed by atoms with Crippen molar-refractivity contribution in [3.05, 3.63) is 102 Å². The zero-order valence-electron chi connectivity index (χ0n) is 25.5. The van der Waals surface area contributed by atoms with Crippen LogP contribution in [0.4, 0.5) is 34.1 Å². The average Bonchev–Trinajstić information content (AvgIpc) is 3.05. The van der Waals surface area contributed by atoms with Crippen LogP contribution >= 0.6 is 34.8 Å². The van der Waals surface area contributed by atoms with E-state index in [2.05, 4.69) is 16.0 Å². The molecule has 0 saturated heterocycles. The summed E-state index contributed by atoms with van der Waals surface area (Å²) in [7, 11) is 3.27. The normalized spacial score (nSPS) is 9.69. The van der Waals surface area contributed by atoms with Crippen LogP contribution in [0.5, 0.6) is 5.75 Å². The number of anilines is 6. The molecule has 9 N–H and O–H groups in total. The molecule has 4 rings (SSSR count). The number of rotatable bonds is 13. The maximum Gasteiger partial charge on any atom is 0.252 e. The summed E-state index contributed by atoms with van der Waals surface area (Å²) in [5, 5.41) is 7.08. The van der Waals surface area contributed by atoms with Gasteiger partial charge in [-0.2, -0.15) is 0 Å². The van der Waals surface area contributed by atoms with Crippen LogP contribution in [0.3, 0.4) is 0 Å². The van der Waals surface area contributed by atoms with E-state index in [1.54, 1.807) is 38.5 Å². The van der Waals surface area contributed by atoms with Crippen molar-refractivity contribution >= 4 is 84.7 Å². The number of nitrogen functional groups attached to an aromatic ring is 3. The highest BCUT2D eigenvalue weighted by Gasteiger charge is 2.13. The van der Waals surface area contributed by atoms with Gasteiger partial charge in [-0.15, -0.1) is 0 Å². The number of ether oxygens (including phenoxy) is 3. The van der Waals surface area contributed by atoms with Crippen LogP contribution in [0.25, 0.3) is 0 Å². The second kappa shape index (κ2) is 22.0. The van der Waals surface area contributed by atoms with E-state index >= 15 is 0 Å². The maximum absolute atomic E-state index is 10.9. The van der Waals surface area contributed by atoms with Gasteiger partial charge in [0.25, 0.3) is 15.7 Å². The molecule has 0 spiro atoms. The lowest BCUT2D eigenvalue weighted by Gasteiger charge is -2.14. The lowest BCUT2D eigenvalue weighted by Crippen LogP contribution is -2.10. The molecule has 12 nitrogen and oxygen atoms in total. The minimum absolute atomic E-state index is 0. The van der Waals surface area contributed by atoms with Gasteiger partial charge in [0.1, 0.15) is 19.2 Å². The van der Waals surface area contributed by atoms with Gasteiger partial charge in [0.15, 0.2) is 6.73 Å². The van der Waals surface area contributed by atoms with Gasteiger partial charge >= 0.3 is 0 Å². The van der Waals surface area contributed by atoms with Crippen LogP contribution in [0.2, 0.25) is 0 Å². The molecular formula is C33H39Cl3N6O6. The first-order valence-corrected chi connectivity index (χ1v) is 14.7. The fourth-order valence-corrected chi connectivity index (χ4v) is 3.79. The molecule has 0 aromatic heterocycles. The number of nitrogens with two attached hydrogens (primary N) is 3. The van der Waals surface area contributed by atoms with Gasteiger partial charge in [0, 0.05) is 77.2 Å². The van der Waals surface area contributed by atoms with E-state index in [0.717, 1.165) is 39.9 Å². The lowest BCUT2D eigenvalue weighted by molar-refractivity contribution is 0.108. The van der Waals surface area contributed by atoms with Crippen molar-refractivity contribution in [3.8, 4) is 5.75 Å². The largest absolute Gasteiger partial charge is 0.473 e. The van der Waals surface area contributed by atoms with E-state index in [-0.39, 0.29) is 24.1 Å². The lowest BCUT2D eigenvalue weighted by atomic mass is 10.1. The monoisotopic (exact) mass is 720 g/mol. The topological polar surface area (TPSA) is 193 Å². The highest BCUT2D eigenvalue weighted by Crippen LogP contribution is 2.25. The molecule has 0 aliphatic rings. The number of hydrogen-bond donors (Lipinski definition) is 6. The molecule has 0 aliphatic heterocycles. The van der Waals surface area contributed by atoms with Crippen molar-refractivity contribution in [2.24, 2.45) is 0 Å². The minimum atomic E-state index is -0.797. The second-order valence-electron chi connectivity index (χ2n) is 9.34. The van der Waals surface area contributed by atoms with Gasteiger partial charge in [0.05, 0.1) is 0 Å². The molecule has 0 radical (unpaired) electrons. The van der Waals surface area contributed by atoms with Crippen LogP contribution in [0, 0.1) is 0 Å². The molecule has 258 valence electrons. The second-order valence-corrected chi connectivity index (χ2v) is 10.4. The molecule has 0 saturated carbocycles. The molecule has 4 aromatic rings. The van der Waals surface area contributed by atoms with Gasteiger partial charge in [-0.25, -0.2) is 0 Å². The van der Waals surface area contributed by atoms with Crippen LogP contribution in [-0.4, -0.2) is 50.1 Å². The number of halogens is 3. The third kappa shape index (κ3) is 15.7. The Labute approximate surface area is 294 Å². The van der Waals surface area contributed by atoms with E-state index in [4.69, 9.17) is 66.2 Å². The van der Waals surface area contributed by atoms with Gasteiger partial charge < -0.3 is 47.4 Å². The Balaban J connectivity index is 0.000000407. The molecule has 48 heavy (non-hydrogen) atoms. The van der Waals surface area contributed by atoms with Crippen molar-refractivity contribution in [1.82, 2.24) is 0 Å². The van der Waals surface area contributed by atoms with Crippen LogP contribution in [-0.2, 0) is 9.47 Å². The number of carbonyl (C=O) groups is 3. The summed E-state index contributed by atoms with van der Waals surface area (Å²) < 4.78 is 15.8. The van der Waals surface area contributed by atoms with Crippen molar-refractivity contribution in [1.29, 1.82) is 0 Å². The molecule has 0 unspecified atom stereocenters. The zero-order valence-corrected chi connectivity index (χ0v) is 27.8. The molecule has 0 aliphatic carbocycles. The average molecular weight is 722 g/mol. The summed E-state index contributed by atoms with van der Waals surface area (Å²) in [4.78, 5) is 32.6. The van der Waals surface area contributed by atoms with Crippen molar-refractivity contribution in [3.63, 3.8) is 0 Å². The first-order chi connectivity index (χ1) is 22.4. The third-order valence-corrected chi connectivity index (χ3v) is 6.38. The van der Waals surface area contributed by atoms with E-state index in [0.29, 0.717) is 20.2 Å². The number of nitrogens with one attached hydrogen (secondary N) is 3. The summed E-state index contributed by atoms with van der Waals surface area (Å²) in [6.45, 7) is 1.16. The van der Waals surface area contributed by atoms with Gasteiger partial charge in [-0.3, -0.25) is 14.4 Å². The first-order valence-electron chi connectivity index (χ1n) is 13.6. The van der Waals surface area contributed by atoms with Crippen molar-refractivity contribution < 1.29 is 28.6 Å². The highest BCUT2D eigenvalue weighted by atomic mass is 35.5. The fourth-order valence-electron chi connectivity index (χ4n) is 3.47. The molecule has 0 amide bonds. The van der Waals surface area contributed by atoms with E-state index in [1.807, 2.05) is 42.5 Å². The van der Waals surface area contributed by atoms with E-state index in [9.17, 15) is 14.4 Å². The van der Waals surface area contributed by atoms with Crippen molar-refractivity contribution in [2.45, 2.75) is 7.43 Å². The number of benzene rings is 4. The number of hydrogen-bond acceptors (Lipinski definition) is 12. The van der Waals surface area contributed by atoms with Gasteiger partial charge in [-0.05, 0) is 108 Å². The minimum Gasteiger partial charge on any atom is -0.473 e. The standard InChI is InChI=1S/C17H24N4O3.C9H3Cl3O3.C6H8N2.CH4/c1-22-10-19-15-7-16(20-11-23-2)9-17(8-15)24-12-21-14-5-3-13(18)4-6-14;10-7(13)4-1-5(8(11)14)3-6(2-4)9(12)15;7-5-1-2-6(8)4-3-5;/h3-9,19-21H,10-12,18H2,1-2H3;1-3H;1-4H,7-8H2;1H4. The van der Waals surface area contributed by atoms with Crippen LogP contribution < -0.4 is 37.9 Å². The summed E-state index contributed by atoms with van der Waals surface area (Å²) in [5.74, 6) is 0.720. The zero-order chi connectivity index (χ0) is 34.8. The number of methoxy groups -OCH3 is 2. The Hall–Kier alpha value is -4.72. The van der Waals surface area contributed by atoms with Crippen molar-refractivity contribution in [2.75, 3.05) is 67.6 Å². The van der Waals surface area contributed by atoms with Crippen LogP contribution in [0.1, 0.15) is 38.5 Å². The Morgan fingerprint density at radius 2 is 0.875 bits per heavy atom. The van der Waals surface area contributed by atoms with Gasteiger partial charge in [0.2, 0.25) is 0 Å². The SMILES string of the molecule is C.COCNc1cc(NCOC)cc(OCNc2ccc(N)cc2)c1.Nc1ccc(N)cc1.O=C(Cl)c1cc(C(=O)Cl)cc(C(=O)Cl)c1. The predicted octanol–water partition coefficient (Wildman–Crippen LogP) is 7.06. The Bertz CT molecular complexity index is 1480. The first kappa shape index (κ1) is 41.3. The molecule has 0 heterocycles. The Kier molecular flexibility index (Phi) is 18.9. The summed E-state index contributed by atoms with van der Waals surface area (Å²) in [6, 6.07) is 23.9. The smallest absolute Gasteiger partial charge is 0.252 e. The summed E-state index contributed by atoms with van der Waals surface area (Å²) in [5.41, 5.74) is 21.3. The highest BCUT2D eigenvalue weighted by molar-refractivity contribution is 6.70.